The first-order valence-electron chi connectivity index (χ1n) is 21.4. The van der Waals surface area contributed by atoms with Crippen molar-refractivity contribution in [1.29, 1.82) is 0 Å². The molecule has 0 fully saturated rings. The van der Waals surface area contributed by atoms with E-state index in [1.807, 2.05) is 0 Å². The van der Waals surface area contributed by atoms with E-state index in [1.165, 1.54) is 191 Å². The first-order chi connectivity index (χ1) is 24.6. The maximum atomic E-state index is 3.92. The molecule has 0 saturated carbocycles. The van der Waals surface area contributed by atoms with Crippen molar-refractivity contribution in [3.05, 3.63) is 49.1 Å². The molecule has 2 unspecified atom stereocenters. The first kappa shape index (κ1) is 45.0. The number of alkyl halides is 2. The Morgan fingerprint density at radius 1 is 0.400 bits per heavy atom. The van der Waals surface area contributed by atoms with Crippen LogP contribution in [0.3, 0.4) is 0 Å². The van der Waals surface area contributed by atoms with E-state index < -0.39 is 0 Å². The monoisotopic (exact) mass is 820 g/mol. The fourth-order valence-corrected chi connectivity index (χ4v) is 8.00. The predicted molar refractivity (Wildman–Crippen MR) is 227 cm³/mol. The summed E-state index contributed by atoms with van der Waals surface area (Å²) in [5, 5.41) is 7.23. The van der Waals surface area contributed by atoms with Crippen molar-refractivity contribution in [3.8, 4) is 0 Å². The zero-order valence-corrected chi connectivity index (χ0v) is 35.8. The minimum absolute atomic E-state index is 0.381. The van der Waals surface area contributed by atoms with E-state index in [0.717, 1.165) is 13.1 Å². The van der Waals surface area contributed by atoms with Crippen molar-refractivity contribution in [1.82, 2.24) is 0 Å². The van der Waals surface area contributed by atoms with E-state index in [-0.39, 0.29) is 0 Å². The average Bonchev–Trinajstić information content (AvgIpc) is 3.14. The Morgan fingerprint density at radius 2 is 0.660 bits per heavy atom. The lowest BCUT2D eigenvalue weighted by Crippen LogP contribution is -2.35. The Bertz CT molecular complexity index is 919. The van der Waals surface area contributed by atoms with Crippen LogP contribution in [-0.2, 0) is 0 Å². The van der Waals surface area contributed by atoms with Crippen molar-refractivity contribution in [3.63, 3.8) is 0 Å². The number of aromatic nitrogens is 2. The largest absolute Gasteiger partial charge is 0.385 e. The van der Waals surface area contributed by atoms with Crippen LogP contribution in [-0.4, -0.2) is 13.1 Å². The number of anilines is 2. The topological polar surface area (TPSA) is 31.8 Å². The van der Waals surface area contributed by atoms with Crippen molar-refractivity contribution >= 4 is 43.2 Å². The molecule has 0 aliphatic heterocycles. The molecule has 0 radical (unpaired) electrons. The molecular formula is C44H78Br2N4+2. The SMILES string of the molecule is CCCCCCCCCCCCNc1cc[n+](C(Br)CCCCCCCCC(Br)[n+]2ccc(NCCCCCCCCCCCC)cc2)cc1. The summed E-state index contributed by atoms with van der Waals surface area (Å²) in [5.41, 5.74) is 2.48. The van der Waals surface area contributed by atoms with Gasteiger partial charge in [0.15, 0.2) is 24.8 Å². The van der Waals surface area contributed by atoms with Gasteiger partial charge in [0.25, 0.3) is 0 Å². The van der Waals surface area contributed by atoms with Gasteiger partial charge in [-0.15, -0.1) is 0 Å². The third kappa shape index (κ3) is 24.2. The summed E-state index contributed by atoms with van der Waals surface area (Å²) in [7, 11) is 0. The van der Waals surface area contributed by atoms with Crippen molar-refractivity contribution < 1.29 is 9.13 Å². The highest BCUT2D eigenvalue weighted by atomic mass is 79.9. The standard InChI is InChI=1S/C44H76Br2N4/c1-3-5-7-9-11-13-15-19-23-27-35-47-41-31-37-49(38-32-41)43(45)29-25-21-17-18-22-26-30-44(46)50-39-33-42(34-40-50)48-36-28-24-20-16-14-12-10-8-6-4-2/h31-34,37-40,43-44H,3-30,35-36H2,1-2H3/p+2. The van der Waals surface area contributed by atoms with E-state index in [4.69, 9.17) is 0 Å². The third-order valence-electron chi connectivity index (χ3n) is 10.2. The fraction of sp³-hybridized carbons (Fsp3) is 0.773. The molecule has 2 heterocycles. The summed E-state index contributed by atoms with van der Waals surface area (Å²) < 4.78 is 4.61. The number of hydrogen-bond donors (Lipinski definition) is 2. The van der Waals surface area contributed by atoms with E-state index in [2.05, 4.69) is 115 Å². The molecular weight excluding hydrogens is 744 g/mol. The second-order valence-corrected chi connectivity index (χ2v) is 17.0. The zero-order chi connectivity index (χ0) is 35.7. The number of nitrogens with zero attached hydrogens (tertiary/aromatic N) is 2. The van der Waals surface area contributed by atoms with Crippen LogP contribution in [0.2, 0.25) is 0 Å². The van der Waals surface area contributed by atoms with Crippen LogP contribution < -0.4 is 19.8 Å². The minimum Gasteiger partial charge on any atom is -0.385 e. The van der Waals surface area contributed by atoms with Crippen LogP contribution in [0.15, 0.2) is 49.1 Å². The highest BCUT2D eigenvalue weighted by molar-refractivity contribution is 9.09. The normalized spacial score (nSPS) is 12.6. The molecule has 2 aromatic heterocycles. The van der Waals surface area contributed by atoms with Gasteiger partial charge >= 0.3 is 0 Å². The number of rotatable bonds is 35. The van der Waals surface area contributed by atoms with Crippen molar-refractivity contribution in [2.45, 2.75) is 204 Å². The molecule has 0 aliphatic carbocycles. The number of nitrogens with one attached hydrogen (secondary N) is 2. The van der Waals surface area contributed by atoms with Crippen LogP contribution in [0.4, 0.5) is 11.4 Å². The number of pyridine rings is 2. The Labute approximate surface area is 327 Å². The van der Waals surface area contributed by atoms with Crippen LogP contribution in [0.25, 0.3) is 0 Å². The predicted octanol–water partition coefficient (Wildman–Crippen LogP) is 14.5. The molecule has 2 aromatic rings. The molecule has 0 aliphatic rings. The van der Waals surface area contributed by atoms with E-state index in [1.54, 1.807) is 0 Å². The quantitative estimate of drug-likeness (QED) is 0.0412. The molecule has 0 amide bonds. The molecule has 0 aromatic carbocycles. The van der Waals surface area contributed by atoms with Gasteiger partial charge in [0.1, 0.15) is 0 Å². The second-order valence-electron chi connectivity index (χ2n) is 14.9. The van der Waals surface area contributed by atoms with Gasteiger partial charge in [-0.25, -0.2) is 0 Å². The molecule has 2 rings (SSSR count). The lowest BCUT2D eigenvalue weighted by atomic mass is 10.1. The van der Waals surface area contributed by atoms with Gasteiger partial charge in [0.05, 0.1) is 0 Å². The summed E-state index contributed by atoms with van der Waals surface area (Å²) in [6, 6.07) is 8.91. The van der Waals surface area contributed by atoms with Gasteiger partial charge in [0, 0.05) is 61.6 Å². The summed E-state index contributed by atoms with van der Waals surface area (Å²) in [4.78, 5) is 0.761. The highest BCUT2D eigenvalue weighted by Gasteiger charge is 2.15. The van der Waals surface area contributed by atoms with Crippen molar-refractivity contribution in [2.24, 2.45) is 0 Å². The smallest absolute Gasteiger partial charge is 0.211 e. The van der Waals surface area contributed by atoms with Crippen LogP contribution >= 0.6 is 31.9 Å². The summed E-state index contributed by atoms with van der Waals surface area (Å²) in [6.07, 6.45) is 46.9. The Kier molecular flexibility index (Phi) is 29.3. The van der Waals surface area contributed by atoms with Crippen LogP contribution in [0.1, 0.15) is 204 Å². The van der Waals surface area contributed by atoms with Gasteiger partial charge in [0.2, 0.25) is 9.90 Å². The number of unbranched alkanes of at least 4 members (excludes halogenated alkanes) is 23. The van der Waals surface area contributed by atoms with Gasteiger partial charge in [-0.3, -0.25) is 0 Å². The van der Waals surface area contributed by atoms with E-state index in [0.29, 0.717) is 9.90 Å². The van der Waals surface area contributed by atoms with Crippen LogP contribution in [0.5, 0.6) is 0 Å². The summed E-state index contributed by atoms with van der Waals surface area (Å²) in [5.74, 6) is 0. The molecule has 0 bridgehead atoms. The Morgan fingerprint density at radius 3 is 0.960 bits per heavy atom. The molecule has 0 spiro atoms. The molecule has 286 valence electrons. The molecule has 50 heavy (non-hydrogen) atoms. The van der Waals surface area contributed by atoms with Gasteiger partial charge in [-0.2, -0.15) is 9.13 Å². The van der Waals surface area contributed by atoms with Gasteiger partial charge in [-0.05, 0) is 57.5 Å². The minimum atomic E-state index is 0.381. The lowest BCUT2D eigenvalue weighted by molar-refractivity contribution is -0.698. The maximum Gasteiger partial charge on any atom is 0.211 e. The summed E-state index contributed by atoms with van der Waals surface area (Å²) in [6.45, 7) is 6.75. The molecule has 2 N–H and O–H groups in total. The van der Waals surface area contributed by atoms with Crippen LogP contribution in [0, 0.1) is 0 Å². The van der Waals surface area contributed by atoms with E-state index >= 15 is 0 Å². The molecule has 4 nitrogen and oxygen atoms in total. The number of hydrogen-bond acceptors (Lipinski definition) is 2. The molecule has 2 atom stereocenters. The van der Waals surface area contributed by atoms with Gasteiger partial charge in [-0.1, -0.05) is 155 Å². The third-order valence-corrected chi connectivity index (χ3v) is 12.1. The van der Waals surface area contributed by atoms with Crippen molar-refractivity contribution in [2.75, 3.05) is 23.7 Å². The molecule has 6 heteroatoms. The van der Waals surface area contributed by atoms with E-state index in [9.17, 15) is 0 Å². The lowest BCUT2D eigenvalue weighted by Gasteiger charge is -2.09. The maximum absolute atomic E-state index is 3.92. The Hall–Kier alpha value is -1.14. The number of halogens is 2. The first-order valence-corrected chi connectivity index (χ1v) is 23.2. The molecule has 0 saturated heterocycles. The highest BCUT2D eigenvalue weighted by Crippen LogP contribution is 2.21. The average molecular weight is 823 g/mol. The fourth-order valence-electron chi connectivity index (χ4n) is 6.81. The summed E-state index contributed by atoms with van der Waals surface area (Å²) >= 11 is 7.85. The van der Waals surface area contributed by atoms with Gasteiger partial charge < -0.3 is 10.6 Å². The Balaban J connectivity index is 1.41. The second kappa shape index (κ2) is 32.5. The zero-order valence-electron chi connectivity index (χ0n) is 32.6.